The average Bonchev–Trinajstić information content (AvgIpc) is 2.81. The Balaban J connectivity index is 1.95. The van der Waals surface area contributed by atoms with Gasteiger partial charge in [-0.1, -0.05) is 19.0 Å². The van der Waals surface area contributed by atoms with Gasteiger partial charge in [0.25, 0.3) is 0 Å². The molecule has 1 aliphatic heterocycles. The molecule has 0 amide bonds. The molecule has 1 N–H and O–H groups in total. The minimum absolute atomic E-state index is 0.0836. The Labute approximate surface area is 121 Å². The minimum Gasteiger partial charge on any atom is -0.392 e. The molecule has 4 atom stereocenters. The van der Waals surface area contributed by atoms with E-state index in [1.54, 1.807) is 0 Å². The van der Waals surface area contributed by atoms with Crippen LogP contribution in [0.4, 0.5) is 0 Å². The van der Waals surface area contributed by atoms with Gasteiger partial charge in [-0.05, 0) is 0 Å². The molecule has 4 unspecified atom stereocenters. The van der Waals surface area contributed by atoms with Gasteiger partial charge in [0.1, 0.15) is 0 Å². The molecule has 1 aliphatic rings. The van der Waals surface area contributed by atoms with E-state index >= 15 is 0 Å². The molecule has 5 nitrogen and oxygen atoms in total. The van der Waals surface area contributed by atoms with Gasteiger partial charge in [-0.15, -0.1) is 11.8 Å². The largest absolute Gasteiger partial charge is 0.392 e. The Morgan fingerprint density at radius 1 is 1.53 bits per heavy atom. The molecule has 2 heterocycles. The fourth-order valence-corrected chi connectivity index (χ4v) is 4.61. The number of nitriles is 1. The SMILES string of the molecule is CC1SCC(c2noc(CC(O)CC#N)n2)SC1C. The number of aliphatic hydroxyl groups is 1. The predicted molar refractivity (Wildman–Crippen MR) is 76.0 cm³/mol. The number of hydrogen-bond donors (Lipinski definition) is 1. The van der Waals surface area contributed by atoms with Crippen LogP contribution in [0.15, 0.2) is 4.52 Å². The first-order valence-corrected chi connectivity index (χ1v) is 8.24. The lowest BCUT2D eigenvalue weighted by Crippen LogP contribution is -2.22. The van der Waals surface area contributed by atoms with E-state index in [0.717, 1.165) is 5.75 Å². The van der Waals surface area contributed by atoms with Gasteiger partial charge in [0.2, 0.25) is 5.89 Å². The van der Waals surface area contributed by atoms with E-state index in [4.69, 9.17) is 9.78 Å². The molecule has 1 saturated heterocycles. The standard InChI is InChI=1S/C12H17N3O2S2/c1-7-8(2)19-10(6-18-7)12-14-11(17-15-12)5-9(16)3-4-13/h7-10,16H,3,5-6H2,1-2H3. The molecule has 1 aromatic rings. The molecule has 0 radical (unpaired) electrons. The predicted octanol–water partition coefficient (Wildman–Crippen LogP) is 2.18. The van der Waals surface area contributed by atoms with Gasteiger partial charge in [0.05, 0.1) is 30.3 Å². The summed E-state index contributed by atoms with van der Waals surface area (Å²) in [5.74, 6) is 2.10. The van der Waals surface area contributed by atoms with Crippen molar-refractivity contribution in [1.29, 1.82) is 5.26 Å². The summed E-state index contributed by atoms with van der Waals surface area (Å²) in [7, 11) is 0. The van der Waals surface area contributed by atoms with Crippen LogP contribution in [0.5, 0.6) is 0 Å². The Kier molecular flexibility index (Phi) is 5.13. The topological polar surface area (TPSA) is 82.9 Å². The van der Waals surface area contributed by atoms with Crippen molar-refractivity contribution in [3.8, 4) is 6.07 Å². The lowest BCUT2D eigenvalue weighted by Gasteiger charge is -2.29. The van der Waals surface area contributed by atoms with Crippen LogP contribution in [0.2, 0.25) is 0 Å². The zero-order chi connectivity index (χ0) is 13.8. The highest BCUT2D eigenvalue weighted by molar-refractivity contribution is 8.07. The van der Waals surface area contributed by atoms with Crippen LogP contribution in [-0.4, -0.2) is 37.6 Å². The van der Waals surface area contributed by atoms with Crippen LogP contribution < -0.4 is 0 Å². The van der Waals surface area contributed by atoms with Gasteiger partial charge in [-0.3, -0.25) is 0 Å². The van der Waals surface area contributed by atoms with E-state index in [1.807, 2.05) is 29.6 Å². The van der Waals surface area contributed by atoms with Crippen LogP contribution in [0.1, 0.15) is 37.2 Å². The van der Waals surface area contributed by atoms with Crippen molar-refractivity contribution in [2.24, 2.45) is 0 Å². The summed E-state index contributed by atoms with van der Waals surface area (Å²) < 4.78 is 5.14. The van der Waals surface area contributed by atoms with Gasteiger partial charge >= 0.3 is 0 Å². The zero-order valence-corrected chi connectivity index (χ0v) is 12.6. The van der Waals surface area contributed by atoms with Gasteiger partial charge in [0.15, 0.2) is 5.82 Å². The highest BCUT2D eigenvalue weighted by Gasteiger charge is 2.30. The number of thioether (sulfide) groups is 2. The van der Waals surface area contributed by atoms with Crippen molar-refractivity contribution in [3.05, 3.63) is 11.7 Å². The highest BCUT2D eigenvalue weighted by Crippen LogP contribution is 2.43. The molecular formula is C12H17N3O2S2. The van der Waals surface area contributed by atoms with E-state index in [0.29, 0.717) is 22.2 Å². The second-order valence-electron chi connectivity index (χ2n) is 4.63. The minimum atomic E-state index is -0.731. The van der Waals surface area contributed by atoms with Crippen molar-refractivity contribution in [2.45, 2.75) is 48.5 Å². The summed E-state index contributed by atoms with van der Waals surface area (Å²) in [5, 5.41) is 23.5. The summed E-state index contributed by atoms with van der Waals surface area (Å²) in [6, 6.07) is 1.92. The molecule has 104 valence electrons. The summed E-state index contributed by atoms with van der Waals surface area (Å²) in [5.41, 5.74) is 0. The van der Waals surface area contributed by atoms with Crippen LogP contribution in [-0.2, 0) is 6.42 Å². The molecular weight excluding hydrogens is 282 g/mol. The molecule has 0 spiro atoms. The van der Waals surface area contributed by atoms with E-state index in [9.17, 15) is 5.11 Å². The van der Waals surface area contributed by atoms with Crippen molar-refractivity contribution >= 4 is 23.5 Å². The first kappa shape index (κ1) is 14.7. The van der Waals surface area contributed by atoms with Crippen molar-refractivity contribution in [3.63, 3.8) is 0 Å². The van der Waals surface area contributed by atoms with Crippen molar-refractivity contribution in [2.75, 3.05) is 5.75 Å². The molecule has 0 saturated carbocycles. The lowest BCUT2D eigenvalue weighted by atomic mass is 10.2. The van der Waals surface area contributed by atoms with E-state index < -0.39 is 6.10 Å². The summed E-state index contributed by atoms with van der Waals surface area (Å²) in [6.45, 7) is 4.45. The number of rotatable bonds is 4. The maximum Gasteiger partial charge on any atom is 0.229 e. The van der Waals surface area contributed by atoms with Gasteiger partial charge in [0, 0.05) is 16.3 Å². The highest BCUT2D eigenvalue weighted by atomic mass is 32.2. The Bertz CT molecular complexity index is 460. The molecule has 7 heteroatoms. The Morgan fingerprint density at radius 3 is 3.00 bits per heavy atom. The maximum absolute atomic E-state index is 9.54. The smallest absolute Gasteiger partial charge is 0.229 e. The summed E-state index contributed by atoms with van der Waals surface area (Å²) in [6.07, 6.45) is -0.400. The third-order valence-corrected chi connectivity index (χ3v) is 6.45. The maximum atomic E-state index is 9.54. The molecule has 0 aromatic carbocycles. The zero-order valence-electron chi connectivity index (χ0n) is 10.9. The number of nitrogens with zero attached hydrogens (tertiary/aromatic N) is 3. The quantitative estimate of drug-likeness (QED) is 0.912. The fraction of sp³-hybridized carbons (Fsp3) is 0.750. The van der Waals surface area contributed by atoms with Crippen LogP contribution in [0, 0.1) is 11.3 Å². The second kappa shape index (κ2) is 6.64. The van der Waals surface area contributed by atoms with Gasteiger partial charge in [-0.25, -0.2) is 0 Å². The molecule has 1 fully saturated rings. The third kappa shape index (κ3) is 3.88. The molecule has 0 bridgehead atoms. The number of aromatic nitrogens is 2. The van der Waals surface area contributed by atoms with Crippen molar-refractivity contribution < 1.29 is 9.63 Å². The van der Waals surface area contributed by atoms with Crippen molar-refractivity contribution in [1.82, 2.24) is 10.1 Å². The lowest BCUT2D eigenvalue weighted by molar-refractivity contribution is 0.167. The molecule has 2 rings (SSSR count). The first-order valence-electron chi connectivity index (χ1n) is 6.24. The van der Waals surface area contributed by atoms with Gasteiger partial charge < -0.3 is 9.63 Å². The van der Waals surface area contributed by atoms with Crippen LogP contribution in [0.3, 0.4) is 0 Å². The summed E-state index contributed by atoms with van der Waals surface area (Å²) >= 11 is 3.79. The third-order valence-electron chi connectivity index (χ3n) is 3.06. The van der Waals surface area contributed by atoms with Crippen LogP contribution >= 0.6 is 23.5 Å². The number of hydrogen-bond acceptors (Lipinski definition) is 7. The Hall–Kier alpha value is -0.710. The molecule has 19 heavy (non-hydrogen) atoms. The molecule has 1 aromatic heterocycles. The average molecular weight is 299 g/mol. The fourth-order valence-electron chi connectivity index (χ4n) is 1.78. The van der Waals surface area contributed by atoms with E-state index in [2.05, 4.69) is 24.0 Å². The number of aliphatic hydroxyl groups excluding tert-OH is 1. The summed E-state index contributed by atoms with van der Waals surface area (Å²) in [4.78, 5) is 4.33. The second-order valence-corrected chi connectivity index (χ2v) is 7.63. The van der Waals surface area contributed by atoms with Crippen LogP contribution in [0.25, 0.3) is 0 Å². The monoisotopic (exact) mass is 299 g/mol. The Morgan fingerprint density at radius 2 is 2.32 bits per heavy atom. The van der Waals surface area contributed by atoms with E-state index in [1.165, 1.54) is 0 Å². The van der Waals surface area contributed by atoms with E-state index in [-0.39, 0.29) is 18.1 Å². The normalized spacial score (nSPS) is 28.8. The first-order chi connectivity index (χ1) is 9.10. The molecule has 0 aliphatic carbocycles. The van der Waals surface area contributed by atoms with Gasteiger partial charge in [-0.2, -0.15) is 22.0 Å².